The molecule has 1 aromatic rings. The van der Waals surface area contributed by atoms with Gasteiger partial charge in [0, 0.05) is 0 Å². The topological polar surface area (TPSA) is 57.9 Å². The molecule has 0 aromatic heterocycles. The van der Waals surface area contributed by atoms with Crippen molar-refractivity contribution >= 4 is 9.84 Å². The summed E-state index contributed by atoms with van der Waals surface area (Å²) in [5, 5.41) is 8.98. The van der Waals surface area contributed by atoms with Crippen LogP contribution in [0.4, 0.5) is 0 Å². The van der Waals surface area contributed by atoms with Gasteiger partial charge in [-0.15, -0.1) is 0 Å². The van der Waals surface area contributed by atoms with Crippen molar-refractivity contribution in [2.75, 3.05) is 0 Å². The van der Waals surface area contributed by atoms with Crippen molar-refractivity contribution in [3.8, 4) is 6.07 Å². The molecule has 4 heteroatoms. The van der Waals surface area contributed by atoms with Gasteiger partial charge in [-0.2, -0.15) is 5.26 Å². The fraction of sp³-hybridized carbons (Fsp3) is 0.462. The van der Waals surface area contributed by atoms with Gasteiger partial charge in [0.2, 0.25) is 0 Å². The summed E-state index contributed by atoms with van der Waals surface area (Å²) >= 11 is 0. The van der Waals surface area contributed by atoms with Crippen LogP contribution < -0.4 is 0 Å². The first-order valence-corrected chi connectivity index (χ1v) is 6.85. The van der Waals surface area contributed by atoms with Gasteiger partial charge in [0.25, 0.3) is 0 Å². The molecule has 0 fully saturated rings. The molecule has 1 aromatic carbocycles. The third-order valence-electron chi connectivity index (χ3n) is 3.02. The number of nitrogens with zero attached hydrogens (tertiary/aromatic N) is 1. The lowest BCUT2D eigenvalue weighted by molar-refractivity contribution is 0.573. The number of sulfone groups is 1. The lowest BCUT2D eigenvalue weighted by atomic mass is 10.1. The van der Waals surface area contributed by atoms with E-state index in [1.54, 1.807) is 13.0 Å². The Hall–Kier alpha value is -1.34. The van der Waals surface area contributed by atoms with Gasteiger partial charge in [-0.1, -0.05) is 6.07 Å². The molecule has 0 saturated heterocycles. The zero-order chi connectivity index (χ0) is 13.4. The normalized spacial score (nSPS) is 12.2. The van der Waals surface area contributed by atoms with Crippen molar-refractivity contribution < 1.29 is 8.42 Å². The van der Waals surface area contributed by atoms with Gasteiger partial charge in [-0.3, -0.25) is 0 Å². The Labute approximate surface area is 103 Å². The predicted molar refractivity (Wildman–Crippen MR) is 67.5 cm³/mol. The molecule has 17 heavy (non-hydrogen) atoms. The molecule has 0 aliphatic heterocycles. The molecule has 0 unspecified atom stereocenters. The Bertz CT molecular complexity index is 593. The van der Waals surface area contributed by atoms with Gasteiger partial charge in [-0.25, -0.2) is 8.42 Å². The fourth-order valence-electron chi connectivity index (χ4n) is 1.56. The van der Waals surface area contributed by atoms with E-state index in [0.29, 0.717) is 5.56 Å². The molecular formula is C13H17NO2S. The lowest BCUT2D eigenvalue weighted by Crippen LogP contribution is -2.30. The van der Waals surface area contributed by atoms with E-state index >= 15 is 0 Å². The Kier molecular flexibility index (Phi) is 3.35. The maximum atomic E-state index is 12.3. The summed E-state index contributed by atoms with van der Waals surface area (Å²) in [5.74, 6) is 0. The minimum atomic E-state index is -3.62. The predicted octanol–water partition coefficient (Wildman–Crippen LogP) is 2.69. The van der Waals surface area contributed by atoms with Crippen LogP contribution in [0.5, 0.6) is 0 Å². The molecule has 0 atom stereocenters. The molecule has 0 radical (unpaired) electrons. The van der Waals surface area contributed by atoms with Crippen LogP contribution in [0.15, 0.2) is 17.0 Å². The summed E-state index contributed by atoms with van der Waals surface area (Å²) in [4.78, 5) is 0.257. The highest BCUT2D eigenvalue weighted by atomic mass is 32.2. The van der Waals surface area contributed by atoms with Gasteiger partial charge in [-0.05, 0) is 57.4 Å². The molecule has 1 rings (SSSR count). The van der Waals surface area contributed by atoms with Crippen molar-refractivity contribution in [3.63, 3.8) is 0 Å². The second kappa shape index (κ2) is 4.15. The summed E-state index contributed by atoms with van der Waals surface area (Å²) < 4.78 is 23.3. The molecule has 0 spiro atoms. The standard InChI is InChI=1S/C13H17NO2S/c1-9-6-11(3)12(7-10(9)2)17(15,16)13(4,5)8-14/h6-7H,1-5H3. The molecule has 0 bridgehead atoms. The average molecular weight is 251 g/mol. The Morgan fingerprint density at radius 1 is 1.06 bits per heavy atom. The number of aryl methyl sites for hydroxylation is 3. The monoisotopic (exact) mass is 251 g/mol. The van der Waals surface area contributed by atoms with E-state index in [2.05, 4.69) is 0 Å². The Morgan fingerprint density at radius 2 is 1.53 bits per heavy atom. The van der Waals surface area contributed by atoms with Crippen LogP contribution in [0.25, 0.3) is 0 Å². The fourth-order valence-corrected chi connectivity index (χ4v) is 3.04. The number of nitriles is 1. The summed E-state index contributed by atoms with van der Waals surface area (Å²) in [5.41, 5.74) is 2.66. The highest BCUT2D eigenvalue weighted by Crippen LogP contribution is 2.29. The van der Waals surface area contributed by atoms with Crippen LogP contribution in [0.3, 0.4) is 0 Å². The van der Waals surface area contributed by atoms with E-state index in [-0.39, 0.29) is 4.90 Å². The number of rotatable bonds is 2. The minimum Gasteiger partial charge on any atom is -0.222 e. The smallest absolute Gasteiger partial charge is 0.197 e. The van der Waals surface area contributed by atoms with E-state index in [4.69, 9.17) is 5.26 Å². The van der Waals surface area contributed by atoms with Crippen molar-refractivity contribution in [2.24, 2.45) is 0 Å². The van der Waals surface area contributed by atoms with E-state index in [1.165, 1.54) is 13.8 Å². The van der Waals surface area contributed by atoms with E-state index in [1.807, 2.05) is 26.0 Å². The van der Waals surface area contributed by atoms with E-state index in [0.717, 1.165) is 11.1 Å². The minimum absolute atomic E-state index is 0.257. The molecule has 0 N–H and O–H groups in total. The molecule has 92 valence electrons. The average Bonchev–Trinajstić information content (AvgIpc) is 2.22. The zero-order valence-corrected chi connectivity index (χ0v) is 11.6. The van der Waals surface area contributed by atoms with Crippen LogP contribution in [0.2, 0.25) is 0 Å². The first-order chi connectivity index (χ1) is 7.63. The van der Waals surface area contributed by atoms with Crippen LogP contribution >= 0.6 is 0 Å². The first kappa shape index (κ1) is 13.7. The third kappa shape index (κ3) is 2.20. The van der Waals surface area contributed by atoms with Gasteiger partial charge >= 0.3 is 0 Å². The summed E-state index contributed by atoms with van der Waals surface area (Å²) in [7, 11) is -3.62. The molecular weight excluding hydrogens is 234 g/mol. The molecule has 0 amide bonds. The SMILES string of the molecule is Cc1cc(C)c(S(=O)(=O)C(C)(C)C#N)cc1C. The lowest BCUT2D eigenvalue weighted by Gasteiger charge is -2.19. The largest absolute Gasteiger partial charge is 0.222 e. The second-order valence-corrected chi connectivity index (χ2v) is 7.29. The van der Waals surface area contributed by atoms with Gasteiger partial charge < -0.3 is 0 Å². The van der Waals surface area contributed by atoms with E-state index in [9.17, 15) is 8.42 Å². The summed E-state index contributed by atoms with van der Waals surface area (Å²) in [6.07, 6.45) is 0. The third-order valence-corrected chi connectivity index (χ3v) is 5.48. The molecule has 3 nitrogen and oxygen atoms in total. The highest BCUT2D eigenvalue weighted by molar-refractivity contribution is 7.93. The summed E-state index contributed by atoms with van der Waals surface area (Å²) in [6.45, 7) is 8.42. The molecule has 0 heterocycles. The summed E-state index contributed by atoms with van der Waals surface area (Å²) in [6, 6.07) is 5.35. The van der Waals surface area contributed by atoms with Gasteiger partial charge in [0.15, 0.2) is 14.6 Å². The molecule has 0 saturated carbocycles. The maximum Gasteiger partial charge on any atom is 0.197 e. The second-order valence-electron chi connectivity index (χ2n) is 4.83. The number of benzene rings is 1. The zero-order valence-electron chi connectivity index (χ0n) is 10.8. The van der Waals surface area contributed by atoms with Crippen LogP contribution in [0.1, 0.15) is 30.5 Å². The van der Waals surface area contributed by atoms with Gasteiger partial charge in [0.1, 0.15) is 0 Å². The van der Waals surface area contributed by atoms with Crippen LogP contribution in [-0.2, 0) is 9.84 Å². The van der Waals surface area contributed by atoms with E-state index < -0.39 is 14.6 Å². The molecule has 0 aliphatic carbocycles. The first-order valence-electron chi connectivity index (χ1n) is 5.37. The van der Waals surface area contributed by atoms with Crippen molar-refractivity contribution in [3.05, 3.63) is 28.8 Å². The van der Waals surface area contributed by atoms with Gasteiger partial charge in [0.05, 0.1) is 11.0 Å². The van der Waals surface area contributed by atoms with Crippen molar-refractivity contribution in [1.29, 1.82) is 5.26 Å². The highest BCUT2D eigenvalue weighted by Gasteiger charge is 2.37. The Balaban J connectivity index is 3.58. The van der Waals surface area contributed by atoms with Crippen LogP contribution in [-0.4, -0.2) is 13.2 Å². The maximum absolute atomic E-state index is 12.3. The van der Waals surface area contributed by atoms with Crippen molar-refractivity contribution in [2.45, 2.75) is 44.3 Å². The Morgan fingerprint density at radius 3 is 2.00 bits per heavy atom. The number of hydrogen-bond acceptors (Lipinski definition) is 3. The quantitative estimate of drug-likeness (QED) is 0.812. The van der Waals surface area contributed by atoms with Crippen molar-refractivity contribution in [1.82, 2.24) is 0 Å². The van der Waals surface area contributed by atoms with Crippen LogP contribution in [0, 0.1) is 32.1 Å². The number of hydrogen-bond donors (Lipinski definition) is 0. The molecule has 0 aliphatic rings.